The van der Waals surface area contributed by atoms with E-state index in [1.165, 1.54) is 6.92 Å². The first kappa shape index (κ1) is 8.77. The van der Waals surface area contributed by atoms with E-state index in [2.05, 4.69) is 0 Å². The van der Waals surface area contributed by atoms with Gasteiger partial charge >= 0.3 is 11.9 Å². The Kier molecular flexibility index (Phi) is 2.47. The first-order chi connectivity index (χ1) is 5.61. The molecule has 0 radical (unpaired) electrons. The van der Waals surface area contributed by atoms with E-state index < -0.39 is 24.0 Å². The van der Waals surface area contributed by atoms with Crippen molar-refractivity contribution in [3.05, 3.63) is 12.2 Å². The van der Waals surface area contributed by atoms with E-state index in [0.29, 0.717) is 6.42 Å². The van der Waals surface area contributed by atoms with Crippen molar-refractivity contribution >= 4 is 11.9 Å². The van der Waals surface area contributed by atoms with Crippen molar-refractivity contribution in [3.8, 4) is 0 Å². The summed E-state index contributed by atoms with van der Waals surface area (Å²) in [4.78, 5) is 21.1. The fourth-order valence-corrected chi connectivity index (χ4v) is 1.18. The molecule has 0 aromatic carbocycles. The molecular weight excluding hydrogens is 160 g/mol. The molecule has 1 aliphatic rings. The molecule has 1 rings (SSSR count). The molecule has 0 aromatic rings. The Labute approximate surface area is 69.8 Å². The van der Waals surface area contributed by atoms with Gasteiger partial charge in [-0.3, -0.25) is 9.59 Å². The third-order valence-corrected chi connectivity index (χ3v) is 1.73. The summed E-state index contributed by atoms with van der Waals surface area (Å²) in [6, 6.07) is 0. The molecule has 1 aliphatic carbocycles. The minimum Gasteiger partial charge on any atom is -0.481 e. The fourth-order valence-electron chi connectivity index (χ4n) is 1.18. The zero-order valence-corrected chi connectivity index (χ0v) is 6.69. The van der Waals surface area contributed by atoms with Gasteiger partial charge in [-0.1, -0.05) is 6.08 Å². The lowest BCUT2D eigenvalue weighted by atomic mass is 10.1. The summed E-state index contributed by atoms with van der Waals surface area (Å²) in [7, 11) is 0. The average Bonchev–Trinajstić information content (AvgIpc) is 2.33. The Hall–Kier alpha value is -1.32. The van der Waals surface area contributed by atoms with Gasteiger partial charge in [0.2, 0.25) is 0 Å². The number of hydrogen-bond donors (Lipinski definition) is 1. The second-order valence-corrected chi connectivity index (χ2v) is 2.68. The number of hydrogen-bond acceptors (Lipinski definition) is 3. The zero-order valence-electron chi connectivity index (χ0n) is 6.69. The van der Waals surface area contributed by atoms with Crippen molar-refractivity contribution in [2.75, 3.05) is 0 Å². The van der Waals surface area contributed by atoms with Crippen LogP contribution in [0.2, 0.25) is 0 Å². The first-order valence-corrected chi connectivity index (χ1v) is 3.68. The highest BCUT2D eigenvalue weighted by Crippen LogP contribution is 2.21. The minimum atomic E-state index is -0.925. The molecule has 0 aliphatic heterocycles. The molecule has 4 heteroatoms. The lowest BCUT2D eigenvalue weighted by molar-refractivity contribution is -0.153. The summed E-state index contributed by atoms with van der Waals surface area (Å²) in [6.45, 7) is 1.27. The molecule has 0 amide bonds. The van der Waals surface area contributed by atoms with E-state index in [4.69, 9.17) is 9.84 Å². The van der Waals surface area contributed by atoms with Crippen molar-refractivity contribution in [2.45, 2.75) is 19.4 Å². The topological polar surface area (TPSA) is 63.6 Å². The van der Waals surface area contributed by atoms with E-state index >= 15 is 0 Å². The highest BCUT2D eigenvalue weighted by Gasteiger charge is 2.31. The van der Waals surface area contributed by atoms with Gasteiger partial charge in [0.25, 0.3) is 0 Å². The standard InChI is InChI=1S/C8H10O4/c1-5(9)12-7-4-2-3-6(7)8(10)11/h2,4,6-7H,3H2,1H3,(H,10,11). The molecule has 1 N–H and O–H groups in total. The van der Waals surface area contributed by atoms with Gasteiger partial charge in [0.1, 0.15) is 12.0 Å². The van der Waals surface area contributed by atoms with E-state index in [0.717, 1.165) is 0 Å². The molecule has 0 saturated heterocycles. The molecule has 4 nitrogen and oxygen atoms in total. The van der Waals surface area contributed by atoms with Crippen molar-refractivity contribution in [1.29, 1.82) is 0 Å². The van der Waals surface area contributed by atoms with E-state index in [9.17, 15) is 9.59 Å². The van der Waals surface area contributed by atoms with Crippen LogP contribution in [0.4, 0.5) is 0 Å². The first-order valence-electron chi connectivity index (χ1n) is 3.68. The lowest BCUT2D eigenvalue weighted by Crippen LogP contribution is -2.27. The molecule has 2 unspecified atom stereocenters. The summed E-state index contributed by atoms with van der Waals surface area (Å²) in [5, 5.41) is 8.67. The Morgan fingerprint density at radius 3 is 2.75 bits per heavy atom. The van der Waals surface area contributed by atoms with Gasteiger partial charge in [0.05, 0.1) is 0 Å². The third kappa shape index (κ3) is 1.84. The molecule has 2 atom stereocenters. The minimum absolute atomic E-state index is 0.438. The molecule has 0 heterocycles. The maximum absolute atomic E-state index is 10.6. The van der Waals surface area contributed by atoms with Crippen LogP contribution in [-0.4, -0.2) is 23.1 Å². The number of allylic oxidation sites excluding steroid dienone is 1. The number of carbonyl (C=O) groups is 2. The van der Waals surface area contributed by atoms with E-state index in [1.54, 1.807) is 12.2 Å². The Morgan fingerprint density at radius 2 is 2.25 bits per heavy atom. The predicted molar refractivity (Wildman–Crippen MR) is 40.4 cm³/mol. The SMILES string of the molecule is CC(=O)OC1C=CCC1C(=O)O. The molecular formula is C8H10O4. The Balaban J connectivity index is 2.57. The van der Waals surface area contributed by atoms with Crippen LogP contribution in [0, 0.1) is 5.92 Å². The van der Waals surface area contributed by atoms with Gasteiger partial charge in [0.15, 0.2) is 0 Å². The third-order valence-electron chi connectivity index (χ3n) is 1.73. The molecule has 0 saturated carbocycles. The summed E-state index contributed by atoms with van der Waals surface area (Å²) in [5.74, 6) is -1.97. The number of carbonyl (C=O) groups excluding carboxylic acids is 1. The molecule has 12 heavy (non-hydrogen) atoms. The Bertz CT molecular complexity index is 231. The van der Waals surface area contributed by atoms with E-state index in [-0.39, 0.29) is 0 Å². The van der Waals surface area contributed by atoms with Crippen LogP contribution in [0.15, 0.2) is 12.2 Å². The van der Waals surface area contributed by atoms with Crippen molar-refractivity contribution in [2.24, 2.45) is 5.92 Å². The number of carboxylic acids is 1. The van der Waals surface area contributed by atoms with Crippen LogP contribution in [0.25, 0.3) is 0 Å². The van der Waals surface area contributed by atoms with Crippen molar-refractivity contribution < 1.29 is 19.4 Å². The second-order valence-electron chi connectivity index (χ2n) is 2.68. The highest BCUT2D eigenvalue weighted by molar-refractivity contribution is 5.73. The number of aliphatic carboxylic acids is 1. The van der Waals surface area contributed by atoms with Gasteiger partial charge in [0, 0.05) is 6.92 Å². The summed E-state index contributed by atoms with van der Waals surface area (Å²) in [5.41, 5.74) is 0. The van der Waals surface area contributed by atoms with Gasteiger partial charge in [-0.2, -0.15) is 0 Å². The van der Waals surface area contributed by atoms with Crippen LogP contribution >= 0.6 is 0 Å². The largest absolute Gasteiger partial charge is 0.481 e. The smallest absolute Gasteiger partial charge is 0.310 e. The van der Waals surface area contributed by atoms with Gasteiger partial charge in [-0.15, -0.1) is 0 Å². The summed E-state index contributed by atoms with van der Waals surface area (Å²) in [6.07, 6.45) is 3.18. The average molecular weight is 170 g/mol. The monoisotopic (exact) mass is 170 g/mol. The van der Waals surface area contributed by atoms with Crippen molar-refractivity contribution in [3.63, 3.8) is 0 Å². The second kappa shape index (κ2) is 3.38. The fraction of sp³-hybridized carbons (Fsp3) is 0.500. The van der Waals surface area contributed by atoms with Crippen LogP contribution < -0.4 is 0 Å². The van der Waals surface area contributed by atoms with Crippen molar-refractivity contribution in [1.82, 2.24) is 0 Å². The lowest BCUT2D eigenvalue weighted by Gasteiger charge is -2.14. The van der Waals surface area contributed by atoms with E-state index in [1.807, 2.05) is 0 Å². The van der Waals surface area contributed by atoms with Gasteiger partial charge < -0.3 is 9.84 Å². The predicted octanol–water partition coefficient (Wildman–Crippen LogP) is 0.579. The zero-order chi connectivity index (χ0) is 9.14. The van der Waals surface area contributed by atoms with Crippen LogP contribution in [0.5, 0.6) is 0 Å². The van der Waals surface area contributed by atoms with Gasteiger partial charge in [-0.05, 0) is 12.5 Å². The molecule has 0 aromatic heterocycles. The normalized spacial score (nSPS) is 27.1. The maximum Gasteiger partial charge on any atom is 0.310 e. The molecule has 66 valence electrons. The highest BCUT2D eigenvalue weighted by atomic mass is 16.5. The van der Waals surface area contributed by atoms with Crippen LogP contribution in [0.1, 0.15) is 13.3 Å². The number of rotatable bonds is 2. The quantitative estimate of drug-likeness (QED) is 0.486. The Morgan fingerprint density at radius 1 is 1.58 bits per heavy atom. The maximum atomic E-state index is 10.6. The summed E-state index contributed by atoms with van der Waals surface area (Å²) < 4.78 is 4.78. The number of esters is 1. The van der Waals surface area contributed by atoms with Crippen LogP contribution in [-0.2, 0) is 14.3 Å². The van der Waals surface area contributed by atoms with Crippen LogP contribution in [0.3, 0.4) is 0 Å². The number of ether oxygens (including phenoxy) is 1. The number of carboxylic acid groups (broad SMARTS) is 1. The molecule has 0 fully saturated rings. The van der Waals surface area contributed by atoms with Gasteiger partial charge in [-0.25, -0.2) is 0 Å². The summed E-state index contributed by atoms with van der Waals surface area (Å²) >= 11 is 0. The molecule has 0 spiro atoms. The molecule has 0 bridgehead atoms.